The van der Waals surface area contributed by atoms with Gasteiger partial charge in [0.15, 0.2) is 0 Å². The summed E-state index contributed by atoms with van der Waals surface area (Å²) in [4.78, 5) is 16.2. The number of rotatable bonds is 4. The van der Waals surface area contributed by atoms with E-state index in [4.69, 9.17) is 11.6 Å². The second kappa shape index (κ2) is 6.54. The van der Waals surface area contributed by atoms with Crippen LogP contribution < -0.4 is 10.6 Å². The van der Waals surface area contributed by atoms with Gasteiger partial charge in [0.25, 0.3) is 5.91 Å². The molecule has 1 aromatic heterocycles. The molecule has 2 N–H and O–H groups in total. The van der Waals surface area contributed by atoms with E-state index in [-0.39, 0.29) is 11.7 Å². The molecular weight excluding hydrogens is 293 g/mol. The number of nitrogens with zero attached hydrogens (tertiary/aromatic N) is 1. The van der Waals surface area contributed by atoms with Gasteiger partial charge in [0.05, 0.1) is 10.6 Å². The van der Waals surface area contributed by atoms with Crippen LogP contribution in [0.25, 0.3) is 0 Å². The lowest BCUT2D eigenvalue weighted by Gasteiger charge is -2.10. The second-order valence-electron chi connectivity index (χ2n) is 4.45. The molecule has 0 aliphatic rings. The summed E-state index contributed by atoms with van der Waals surface area (Å²) in [6.45, 7) is 4.20. The molecule has 1 heterocycles. The van der Waals surface area contributed by atoms with Gasteiger partial charge in [-0.05, 0) is 32.0 Å². The van der Waals surface area contributed by atoms with E-state index in [0.29, 0.717) is 34.2 Å². The van der Waals surface area contributed by atoms with Gasteiger partial charge >= 0.3 is 0 Å². The molecule has 4 nitrogen and oxygen atoms in total. The maximum absolute atomic E-state index is 13.4. The van der Waals surface area contributed by atoms with Gasteiger partial charge in [-0.3, -0.25) is 4.79 Å². The molecule has 0 aliphatic heterocycles. The van der Waals surface area contributed by atoms with Crippen LogP contribution in [0.15, 0.2) is 30.5 Å². The van der Waals surface area contributed by atoms with Crippen molar-refractivity contribution in [3.05, 3.63) is 52.4 Å². The lowest BCUT2D eigenvalue weighted by molar-refractivity contribution is 0.102. The molecule has 6 heteroatoms. The van der Waals surface area contributed by atoms with Crippen LogP contribution in [0.4, 0.5) is 15.9 Å². The lowest BCUT2D eigenvalue weighted by Crippen LogP contribution is -2.14. The predicted molar refractivity (Wildman–Crippen MR) is 82.5 cm³/mol. The van der Waals surface area contributed by atoms with E-state index in [9.17, 15) is 9.18 Å². The highest BCUT2D eigenvalue weighted by molar-refractivity contribution is 6.33. The third-order valence-corrected chi connectivity index (χ3v) is 3.25. The van der Waals surface area contributed by atoms with E-state index in [1.807, 2.05) is 6.92 Å². The minimum absolute atomic E-state index is 0.310. The molecule has 0 aliphatic carbocycles. The summed E-state index contributed by atoms with van der Waals surface area (Å²) in [5.74, 6) is -0.231. The predicted octanol–water partition coefficient (Wildman–Crippen LogP) is 3.87. The van der Waals surface area contributed by atoms with Crippen molar-refractivity contribution in [3.8, 4) is 0 Å². The van der Waals surface area contributed by atoms with Crippen LogP contribution in [-0.2, 0) is 0 Å². The fraction of sp³-hybridized carbons (Fsp3) is 0.200. The van der Waals surface area contributed by atoms with E-state index in [1.54, 1.807) is 13.0 Å². The lowest BCUT2D eigenvalue weighted by atomic mass is 10.1. The van der Waals surface area contributed by atoms with E-state index < -0.39 is 0 Å². The highest BCUT2D eigenvalue weighted by Gasteiger charge is 2.12. The minimum Gasteiger partial charge on any atom is -0.369 e. The summed E-state index contributed by atoms with van der Waals surface area (Å²) >= 11 is 6.05. The molecule has 0 bridgehead atoms. The van der Waals surface area contributed by atoms with E-state index in [0.717, 1.165) is 0 Å². The second-order valence-corrected chi connectivity index (χ2v) is 4.86. The Labute approximate surface area is 127 Å². The van der Waals surface area contributed by atoms with Gasteiger partial charge in [0.1, 0.15) is 11.6 Å². The maximum atomic E-state index is 13.4. The van der Waals surface area contributed by atoms with E-state index in [2.05, 4.69) is 15.6 Å². The number of halogens is 2. The molecule has 0 saturated carbocycles. The van der Waals surface area contributed by atoms with Crippen molar-refractivity contribution in [1.82, 2.24) is 4.98 Å². The fourth-order valence-corrected chi connectivity index (χ4v) is 2.03. The minimum atomic E-state index is -0.388. The Morgan fingerprint density at radius 2 is 2.19 bits per heavy atom. The Kier molecular flexibility index (Phi) is 4.75. The van der Waals surface area contributed by atoms with E-state index >= 15 is 0 Å². The first kappa shape index (κ1) is 15.3. The first-order chi connectivity index (χ1) is 10.0. The molecule has 0 atom stereocenters. The summed E-state index contributed by atoms with van der Waals surface area (Å²) < 4.78 is 13.4. The first-order valence-electron chi connectivity index (χ1n) is 6.48. The molecule has 0 unspecified atom stereocenters. The average Bonchev–Trinajstić information content (AvgIpc) is 2.46. The summed E-state index contributed by atoms with van der Waals surface area (Å²) in [6.07, 6.45) is 1.42. The van der Waals surface area contributed by atoms with E-state index in [1.165, 1.54) is 24.4 Å². The highest BCUT2D eigenvalue weighted by Crippen LogP contribution is 2.22. The molecular formula is C15H15ClFN3O. The van der Waals surface area contributed by atoms with Crippen molar-refractivity contribution in [1.29, 1.82) is 0 Å². The highest BCUT2D eigenvalue weighted by atomic mass is 35.5. The molecule has 110 valence electrons. The molecule has 0 saturated heterocycles. The number of pyridine rings is 1. The number of anilines is 2. The third-order valence-electron chi connectivity index (χ3n) is 2.96. The maximum Gasteiger partial charge on any atom is 0.257 e. The summed E-state index contributed by atoms with van der Waals surface area (Å²) in [6, 6.07) is 6.04. The number of carbonyl (C=O) groups excluding carboxylic acids is 1. The van der Waals surface area contributed by atoms with Gasteiger partial charge in [0.2, 0.25) is 0 Å². The van der Waals surface area contributed by atoms with Gasteiger partial charge in [-0.1, -0.05) is 17.7 Å². The van der Waals surface area contributed by atoms with Crippen LogP contribution in [-0.4, -0.2) is 17.4 Å². The van der Waals surface area contributed by atoms with Crippen LogP contribution >= 0.6 is 11.6 Å². The Hall–Kier alpha value is -2.14. The molecule has 0 spiro atoms. The topological polar surface area (TPSA) is 54.0 Å². The zero-order valence-electron chi connectivity index (χ0n) is 11.7. The van der Waals surface area contributed by atoms with Gasteiger partial charge in [0, 0.05) is 24.0 Å². The number of benzene rings is 1. The number of carbonyl (C=O) groups is 1. The Morgan fingerprint density at radius 1 is 1.43 bits per heavy atom. The van der Waals surface area contributed by atoms with Crippen molar-refractivity contribution >= 4 is 29.0 Å². The monoisotopic (exact) mass is 307 g/mol. The van der Waals surface area contributed by atoms with Crippen LogP contribution in [0.3, 0.4) is 0 Å². The standard InChI is InChI=1S/C15H15ClFN3O/c1-3-18-14-11(16)7-10(8-19-14)15(21)20-13-6-4-5-12(17)9(13)2/h4-8H,3H2,1-2H3,(H,18,19)(H,20,21). The van der Waals surface area contributed by atoms with Crippen LogP contribution in [0.2, 0.25) is 5.02 Å². The normalized spacial score (nSPS) is 10.3. The Balaban J connectivity index is 2.21. The smallest absolute Gasteiger partial charge is 0.257 e. The summed E-state index contributed by atoms with van der Waals surface area (Å²) in [5.41, 5.74) is 1.12. The van der Waals surface area contributed by atoms with Gasteiger partial charge in [-0.2, -0.15) is 0 Å². The van der Waals surface area contributed by atoms with Crippen molar-refractivity contribution in [2.24, 2.45) is 0 Å². The Bertz CT molecular complexity index is 676. The van der Waals surface area contributed by atoms with Gasteiger partial charge in [-0.25, -0.2) is 9.37 Å². The van der Waals surface area contributed by atoms with Crippen molar-refractivity contribution < 1.29 is 9.18 Å². The van der Waals surface area contributed by atoms with Gasteiger partial charge < -0.3 is 10.6 Å². The van der Waals surface area contributed by atoms with Crippen LogP contribution in [0, 0.1) is 12.7 Å². The number of hydrogen-bond donors (Lipinski definition) is 2. The molecule has 21 heavy (non-hydrogen) atoms. The Morgan fingerprint density at radius 3 is 2.86 bits per heavy atom. The first-order valence-corrected chi connectivity index (χ1v) is 6.86. The summed E-state index contributed by atoms with van der Waals surface area (Å²) in [7, 11) is 0. The molecule has 2 rings (SSSR count). The molecule has 0 fully saturated rings. The number of amides is 1. The van der Waals surface area contributed by atoms with Crippen molar-refractivity contribution in [2.75, 3.05) is 17.2 Å². The summed E-state index contributed by atoms with van der Waals surface area (Å²) in [5, 5.41) is 5.99. The SMILES string of the molecule is CCNc1ncc(C(=O)Nc2cccc(F)c2C)cc1Cl. The number of hydrogen-bond acceptors (Lipinski definition) is 3. The van der Waals surface area contributed by atoms with Crippen molar-refractivity contribution in [3.63, 3.8) is 0 Å². The fourth-order valence-electron chi connectivity index (χ4n) is 1.80. The quantitative estimate of drug-likeness (QED) is 0.901. The molecule has 1 amide bonds. The molecule has 2 aromatic rings. The van der Waals surface area contributed by atoms with Crippen LogP contribution in [0.5, 0.6) is 0 Å². The van der Waals surface area contributed by atoms with Gasteiger partial charge in [-0.15, -0.1) is 0 Å². The molecule has 1 aromatic carbocycles. The molecule has 0 radical (unpaired) electrons. The third kappa shape index (κ3) is 3.49. The average molecular weight is 308 g/mol. The largest absolute Gasteiger partial charge is 0.369 e. The zero-order chi connectivity index (χ0) is 15.4. The van der Waals surface area contributed by atoms with Crippen LogP contribution in [0.1, 0.15) is 22.8 Å². The van der Waals surface area contributed by atoms with Crippen molar-refractivity contribution in [2.45, 2.75) is 13.8 Å². The number of aromatic nitrogens is 1. The number of nitrogens with one attached hydrogen (secondary N) is 2. The zero-order valence-corrected chi connectivity index (χ0v) is 12.5.